The Morgan fingerprint density at radius 2 is 1.85 bits per heavy atom. The van der Waals surface area contributed by atoms with Gasteiger partial charge in [-0.1, -0.05) is 43.2 Å². The monoisotopic (exact) mass is 487 g/mol. The predicted molar refractivity (Wildman–Crippen MR) is 127 cm³/mol. The minimum absolute atomic E-state index is 0.109. The molecule has 2 heterocycles. The van der Waals surface area contributed by atoms with Crippen LogP contribution in [0.3, 0.4) is 0 Å². The summed E-state index contributed by atoms with van der Waals surface area (Å²) in [5.41, 5.74) is 1.37. The SMILES string of the molecule is CCC(C)C(NC(=O)Nc1ccc(Cl)cc1)C(=O)Nc1nnc(-c2ccc3c(c2)OCO3)s1. The van der Waals surface area contributed by atoms with Crippen LogP contribution in [0.4, 0.5) is 15.6 Å². The van der Waals surface area contributed by atoms with E-state index in [0.717, 1.165) is 5.56 Å². The fourth-order valence-electron chi connectivity index (χ4n) is 3.15. The summed E-state index contributed by atoms with van der Waals surface area (Å²) in [5, 5.41) is 18.0. The fraction of sp³-hybridized carbons (Fsp3) is 0.273. The second-order valence-electron chi connectivity index (χ2n) is 7.44. The van der Waals surface area contributed by atoms with E-state index < -0.39 is 12.1 Å². The van der Waals surface area contributed by atoms with Crippen LogP contribution in [0.15, 0.2) is 42.5 Å². The Bertz CT molecular complexity index is 1150. The van der Waals surface area contributed by atoms with E-state index in [1.165, 1.54) is 11.3 Å². The van der Waals surface area contributed by atoms with Crippen molar-refractivity contribution in [2.45, 2.75) is 26.3 Å². The van der Waals surface area contributed by atoms with Crippen molar-refractivity contribution in [2.75, 3.05) is 17.4 Å². The molecule has 11 heteroatoms. The highest BCUT2D eigenvalue weighted by Gasteiger charge is 2.27. The number of benzene rings is 2. The predicted octanol–water partition coefficient (Wildman–Crippen LogP) is 4.76. The molecule has 3 aromatic rings. The average molecular weight is 488 g/mol. The highest BCUT2D eigenvalue weighted by atomic mass is 35.5. The van der Waals surface area contributed by atoms with E-state index >= 15 is 0 Å². The van der Waals surface area contributed by atoms with Crippen molar-refractivity contribution in [1.29, 1.82) is 0 Å². The molecule has 0 fully saturated rings. The standard InChI is InChI=1S/C22H22ClN5O4S/c1-3-12(2)18(25-21(30)24-15-7-5-14(23)6-8-15)19(29)26-22-28-27-20(33-22)13-4-9-16-17(10-13)32-11-31-16/h4-10,12,18H,3,11H2,1-2H3,(H2,24,25,30)(H,26,28,29). The van der Waals surface area contributed by atoms with Crippen molar-refractivity contribution >= 4 is 45.7 Å². The summed E-state index contributed by atoms with van der Waals surface area (Å²) in [6.07, 6.45) is 0.692. The van der Waals surface area contributed by atoms with Crippen LogP contribution in [-0.4, -0.2) is 35.0 Å². The molecule has 4 rings (SSSR count). The molecule has 33 heavy (non-hydrogen) atoms. The molecule has 3 N–H and O–H groups in total. The molecular formula is C22H22ClN5O4S. The van der Waals surface area contributed by atoms with Crippen LogP contribution in [0.25, 0.3) is 10.6 Å². The first-order valence-electron chi connectivity index (χ1n) is 10.3. The van der Waals surface area contributed by atoms with Gasteiger partial charge in [-0.2, -0.15) is 0 Å². The number of amides is 3. The summed E-state index contributed by atoms with van der Waals surface area (Å²) in [7, 11) is 0. The number of rotatable bonds is 7. The van der Waals surface area contributed by atoms with Crippen LogP contribution in [0.2, 0.25) is 5.02 Å². The van der Waals surface area contributed by atoms with Gasteiger partial charge in [0.15, 0.2) is 11.5 Å². The highest BCUT2D eigenvalue weighted by Crippen LogP contribution is 2.37. The Balaban J connectivity index is 1.42. The summed E-state index contributed by atoms with van der Waals surface area (Å²) in [4.78, 5) is 25.5. The Morgan fingerprint density at radius 3 is 2.61 bits per heavy atom. The third-order valence-electron chi connectivity index (χ3n) is 5.16. The Hall–Kier alpha value is -3.37. The Labute approximate surface area is 199 Å². The van der Waals surface area contributed by atoms with E-state index in [-0.39, 0.29) is 18.6 Å². The Morgan fingerprint density at radius 1 is 1.09 bits per heavy atom. The van der Waals surface area contributed by atoms with Gasteiger partial charge in [-0.3, -0.25) is 10.1 Å². The zero-order valence-corrected chi connectivity index (χ0v) is 19.5. The molecule has 1 aromatic heterocycles. The number of aromatic nitrogens is 2. The first kappa shape index (κ1) is 22.8. The fourth-order valence-corrected chi connectivity index (χ4v) is 4.02. The highest BCUT2D eigenvalue weighted by molar-refractivity contribution is 7.18. The topological polar surface area (TPSA) is 114 Å². The molecule has 3 amide bonds. The van der Waals surface area contributed by atoms with E-state index in [0.29, 0.717) is 38.8 Å². The number of urea groups is 1. The molecule has 0 saturated carbocycles. The summed E-state index contributed by atoms with van der Waals surface area (Å²) in [6, 6.07) is 10.9. The minimum Gasteiger partial charge on any atom is -0.454 e. The number of ether oxygens (including phenoxy) is 2. The molecule has 1 aliphatic rings. The van der Waals surface area contributed by atoms with E-state index in [1.807, 2.05) is 26.0 Å². The molecule has 172 valence electrons. The van der Waals surface area contributed by atoms with E-state index in [4.69, 9.17) is 21.1 Å². The van der Waals surface area contributed by atoms with E-state index in [2.05, 4.69) is 26.1 Å². The zero-order valence-electron chi connectivity index (χ0n) is 17.9. The number of hydrogen-bond acceptors (Lipinski definition) is 7. The third kappa shape index (κ3) is 5.52. The molecule has 2 atom stereocenters. The van der Waals surface area contributed by atoms with E-state index in [1.54, 1.807) is 30.3 Å². The van der Waals surface area contributed by atoms with Gasteiger partial charge in [-0.05, 0) is 48.4 Å². The normalized spacial score (nSPS) is 13.8. The Kier molecular flexibility index (Phi) is 6.95. The van der Waals surface area contributed by atoms with Crippen molar-refractivity contribution in [3.05, 3.63) is 47.5 Å². The molecule has 0 saturated heterocycles. The molecule has 0 spiro atoms. The molecule has 2 aromatic carbocycles. The average Bonchev–Trinajstić information content (AvgIpc) is 3.47. The lowest BCUT2D eigenvalue weighted by atomic mass is 9.98. The van der Waals surface area contributed by atoms with Crippen LogP contribution >= 0.6 is 22.9 Å². The molecule has 1 aliphatic heterocycles. The van der Waals surface area contributed by atoms with Crippen molar-refractivity contribution < 1.29 is 19.1 Å². The van der Waals surface area contributed by atoms with Crippen LogP contribution in [0.1, 0.15) is 20.3 Å². The number of fused-ring (bicyclic) bond motifs is 1. The van der Waals surface area contributed by atoms with Gasteiger partial charge >= 0.3 is 6.03 Å². The van der Waals surface area contributed by atoms with Crippen molar-refractivity contribution in [3.8, 4) is 22.1 Å². The maximum Gasteiger partial charge on any atom is 0.319 e. The van der Waals surface area contributed by atoms with Crippen molar-refractivity contribution in [3.63, 3.8) is 0 Å². The summed E-state index contributed by atoms with van der Waals surface area (Å²) in [6.45, 7) is 4.03. The van der Waals surface area contributed by atoms with Gasteiger partial charge in [-0.15, -0.1) is 10.2 Å². The number of carbonyl (C=O) groups excluding carboxylic acids is 2. The first-order valence-corrected chi connectivity index (χ1v) is 11.5. The van der Waals surface area contributed by atoms with Gasteiger partial charge in [0.25, 0.3) is 0 Å². The second kappa shape index (κ2) is 10.1. The van der Waals surface area contributed by atoms with Crippen LogP contribution < -0.4 is 25.4 Å². The largest absolute Gasteiger partial charge is 0.454 e. The van der Waals surface area contributed by atoms with Gasteiger partial charge in [0, 0.05) is 16.3 Å². The van der Waals surface area contributed by atoms with Gasteiger partial charge in [0.1, 0.15) is 11.0 Å². The van der Waals surface area contributed by atoms with Crippen molar-refractivity contribution in [2.24, 2.45) is 5.92 Å². The van der Waals surface area contributed by atoms with Gasteiger partial charge in [0.2, 0.25) is 17.8 Å². The number of halogens is 1. The number of anilines is 2. The summed E-state index contributed by atoms with van der Waals surface area (Å²) < 4.78 is 10.7. The molecule has 0 bridgehead atoms. The van der Waals surface area contributed by atoms with Crippen LogP contribution in [-0.2, 0) is 4.79 Å². The minimum atomic E-state index is -0.764. The lowest BCUT2D eigenvalue weighted by Gasteiger charge is -2.23. The van der Waals surface area contributed by atoms with Crippen molar-refractivity contribution in [1.82, 2.24) is 15.5 Å². The van der Waals surface area contributed by atoms with Gasteiger partial charge in [0.05, 0.1) is 0 Å². The number of carbonyl (C=O) groups is 2. The summed E-state index contributed by atoms with van der Waals surface area (Å²) >= 11 is 7.10. The van der Waals surface area contributed by atoms with Gasteiger partial charge in [-0.25, -0.2) is 4.79 Å². The molecular weight excluding hydrogens is 466 g/mol. The second-order valence-corrected chi connectivity index (χ2v) is 8.85. The maximum absolute atomic E-state index is 13.0. The van der Waals surface area contributed by atoms with Crippen LogP contribution in [0, 0.1) is 5.92 Å². The number of nitrogens with zero attached hydrogens (tertiary/aromatic N) is 2. The first-order chi connectivity index (χ1) is 15.9. The zero-order chi connectivity index (χ0) is 23.4. The molecule has 9 nitrogen and oxygen atoms in total. The maximum atomic E-state index is 13.0. The number of nitrogens with one attached hydrogen (secondary N) is 3. The third-order valence-corrected chi connectivity index (χ3v) is 6.30. The molecule has 0 radical (unpaired) electrons. The lowest BCUT2D eigenvalue weighted by Crippen LogP contribution is -2.49. The molecule has 2 unspecified atom stereocenters. The lowest BCUT2D eigenvalue weighted by molar-refractivity contribution is -0.119. The smallest absolute Gasteiger partial charge is 0.319 e. The van der Waals surface area contributed by atoms with Gasteiger partial charge < -0.3 is 20.1 Å². The van der Waals surface area contributed by atoms with Crippen LogP contribution in [0.5, 0.6) is 11.5 Å². The van der Waals surface area contributed by atoms with E-state index in [9.17, 15) is 9.59 Å². The summed E-state index contributed by atoms with van der Waals surface area (Å²) in [5.74, 6) is 0.836. The number of hydrogen-bond donors (Lipinski definition) is 3. The molecule has 0 aliphatic carbocycles. The quantitative estimate of drug-likeness (QED) is 0.442.